The van der Waals surface area contributed by atoms with Crippen molar-refractivity contribution < 1.29 is 17.6 Å². The highest BCUT2D eigenvalue weighted by molar-refractivity contribution is 5.48. The minimum Gasteiger partial charge on any atom is -0.379 e. The van der Waals surface area contributed by atoms with Crippen LogP contribution in [0.1, 0.15) is 12.5 Å². The zero-order chi connectivity index (χ0) is 12.3. The number of rotatable bonds is 3. The predicted octanol–water partition coefficient (Wildman–Crippen LogP) is 3.83. The van der Waals surface area contributed by atoms with Gasteiger partial charge in [-0.2, -0.15) is 13.2 Å². The molecule has 0 aromatic heterocycles. The number of alkyl halides is 3. The number of hydrogen-bond acceptors (Lipinski definition) is 1. The molecule has 0 amide bonds. The van der Waals surface area contributed by atoms with E-state index in [1.54, 1.807) is 6.92 Å². The highest BCUT2D eigenvalue weighted by atomic mass is 19.4. The van der Waals surface area contributed by atoms with E-state index in [1.165, 1.54) is 12.1 Å². The molecule has 0 aliphatic heterocycles. The van der Waals surface area contributed by atoms with E-state index >= 15 is 0 Å². The lowest BCUT2D eigenvalue weighted by Crippen LogP contribution is -2.13. The fourth-order valence-corrected chi connectivity index (χ4v) is 1.15. The molecule has 0 bridgehead atoms. The zero-order valence-corrected chi connectivity index (χ0v) is 8.61. The van der Waals surface area contributed by atoms with Gasteiger partial charge in [-0.25, -0.2) is 4.39 Å². The molecule has 0 radical (unpaired) electrons. The molecule has 5 heteroatoms. The van der Waals surface area contributed by atoms with Gasteiger partial charge in [0.05, 0.1) is 5.56 Å². The maximum absolute atomic E-state index is 12.9. The van der Waals surface area contributed by atoms with E-state index in [4.69, 9.17) is 0 Å². The number of hydrogen-bond donors (Lipinski definition) is 1. The van der Waals surface area contributed by atoms with Gasteiger partial charge in [-0.1, -0.05) is 6.08 Å². The Morgan fingerprint density at radius 2 is 2.00 bits per heavy atom. The summed E-state index contributed by atoms with van der Waals surface area (Å²) in [6, 6.07) is 2.60. The van der Waals surface area contributed by atoms with Gasteiger partial charge in [0.1, 0.15) is 5.82 Å². The Morgan fingerprint density at radius 3 is 2.50 bits per heavy atom. The van der Waals surface area contributed by atoms with E-state index in [-0.39, 0.29) is 11.7 Å². The first kappa shape index (κ1) is 12.5. The van der Waals surface area contributed by atoms with Gasteiger partial charge in [-0.15, -0.1) is 6.58 Å². The summed E-state index contributed by atoms with van der Waals surface area (Å²) in [5.74, 6) is -1.27. The Hall–Kier alpha value is -1.52. The van der Waals surface area contributed by atoms with Crippen molar-refractivity contribution >= 4 is 5.69 Å². The van der Waals surface area contributed by atoms with E-state index < -0.39 is 17.6 Å². The second-order valence-corrected chi connectivity index (χ2v) is 3.36. The molecular formula is C11H11F4N. The summed E-state index contributed by atoms with van der Waals surface area (Å²) in [7, 11) is 0. The summed E-state index contributed by atoms with van der Waals surface area (Å²) in [6.07, 6.45) is -3.14. The predicted molar refractivity (Wildman–Crippen MR) is 54.7 cm³/mol. The molecule has 0 aliphatic rings. The smallest absolute Gasteiger partial charge is 0.379 e. The molecule has 16 heavy (non-hydrogen) atoms. The Kier molecular flexibility index (Phi) is 3.57. The molecule has 0 aliphatic carbocycles. The number of nitrogens with one attached hydrogen (secondary N) is 1. The third kappa shape index (κ3) is 2.98. The summed E-state index contributed by atoms with van der Waals surface area (Å²) < 4.78 is 50.0. The van der Waals surface area contributed by atoms with Crippen LogP contribution in [0, 0.1) is 5.82 Å². The normalized spacial score (nSPS) is 13.3. The maximum Gasteiger partial charge on any atom is 0.419 e. The fraction of sp³-hybridized carbons (Fsp3) is 0.273. The molecule has 0 saturated heterocycles. The van der Waals surface area contributed by atoms with Crippen LogP contribution in [0.2, 0.25) is 0 Å². The highest BCUT2D eigenvalue weighted by Gasteiger charge is 2.34. The number of anilines is 1. The average molecular weight is 233 g/mol. The van der Waals surface area contributed by atoms with Gasteiger partial charge >= 0.3 is 6.18 Å². The minimum absolute atomic E-state index is 0.188. The Balaban J connectivity index is 3.03. The quantitative estimate of drug-likeness (QED) is 0.618. The van der Waals surface area contributed by atoms with E-state index in [0.717, 1.165) is 12.1 Å². The molecule has 1 aromatic carbocycles. The van der Waals surface area contributed by atoms with Crippen LogP contribution in [-0.2, 0) is 6.18 Å². The summed E-state index contributed by atoms with van der Waals surface area (Å²) in [4.78, 5) is 0. The van der Waals surface area contributed by atoms with Crippen molar-refractivity contribution in [2.24, 2.45) is 0 Å². The summed E-state index contributed by atoms with van der Waals surface area (Å²) in [5.41, 5.74) is -1.06. The number of halogens is 4. The van der Waals surface area contributed by atoms with Gasteiger partial charge in [-0.05, 0) is 25.1 Å². The largest absolute Gasteiger partial charge is 0.419 e. The fourth-order valence-electron chi connectivity index (χ4n) is 1.15. The molecule has 0 saturated carbocycles. The summed E-state index contributed by atoms with van der Waals surface area (Å²) in [5, 5.41) is 2.75. The second kappa shape index (κ2) is 4.55. The van der Waals surface area contributed by atoms with Crippen LogP contribution < -0.4 is 5.32 Å². The zero-order valence-electron chi connectivity index (χ0n) is 8.61. The average Bonchev–Trinajstić information content (AvgIpc) is 2.19. The SMILES string of the molecule is C=CC(C)Nc1ccc(F)c(C(F)(F)F)c1. The van der Waals surface area contributed by atoms with Gasteiger partial charge in [0.2, 0.25) is 0 Å². The molecule has 0 heterocycles. The van der Waals surface area contributed by atoms with Crippen molar-refractivity contribution in [3.05, 3.63) is 42.2 Å². The third-order valence-electron chi connectivity index (χ3n) is 2.02. The molecule has 1 aromatic rings. The van der Waals surface area contributed by atoms with Crippen LogP contribution in [0.5, 0.6) is 0 Å². The van der Waals surface area contributed by atoms with Gasteiger partial charge in [0, 0.05) is 11.7 Å². The maximum atomic E-state index is 12.9. The standard InChI is InChI=1S/C11H11F4N/c1-3-7(2)16-8-4-5-10(12)9(6-8)11(13,14)15/h3-7,16H,1H2,2H3. The first-order valence-corrected chi connectivity index (χ1v) is 4.60. The van der Waals surface area contributed by atoms with Gasteiger partial charge in [0.25, 0.3) is 0 Å². The molecule has 0 fully saturated rings. The van der Waals surface area contributed by atoms with Gasteiger partial charge < -0.3 is 5.32 Å². The number of benzene rings is 1. The van der Waals surface area contributed by atoms with Crippen LogP contribution in [-0.4, -0.2) is 6.04 Å². The van der Waals surface area contributed by atoms with Crippen molar-refractivity contribution in [1.82, 2.24) is 0 Å². The molecule has 1 atom stereocenters. The summed E-state index contributed by atoms with van der Waals surface area (Å²) >= 11 is 0. The molecule has 1 N–H and O–H groups in total. The van der Waals surface area contributed by atoms with E-state index in [0.29, 0.717) is 0 Å². The van der Waals surface area contributed by atoms with Gasteiger partial charge in [-0.3, -0.25) is 0 Å². The lowest BCUT2D eigenvalue weighted by atomic mass is 10.1. The molecule has 1 rings (SSSR count). The molecular weight excluding hydrogens is 222 g/mol. The van der Waals surface area contributed by atoms with Crippen molar-refractivity contribution in [3.63, 3.8) is 0 Å². The van der Waals surface area contributed by atoms with Crippen molar-refractivity contribution in [1.29, 1.82) is 0 Å². The van der Waals surface area contributed by atoms with Crippen molar-refractivity contribution in [2.75, 3.05) is 5.32 Å². The first-order valence-electron chi connectivity index (χ1n) is 4.60. The van der Waals surface area contributed by atoms with Crippen LogP contribution in [0.4, 0.5) is 23.2 Å². The van der Waals surface area contributed by atoms with Crippen LogP contribution in [0.15, 0.2) is 30.9 Å². The second-order valence-electron chi connectivity index (χ2n) is 3.36. The Morgan fingerprint density at radius 1 is 1.38 bits per heavy atom. The topological polar surface area (TPSA) is 12.0 Å². The lowest BCUT2D eigenvalue weighted by Gasteiger charge is -2.14. The monoisotopic (exact) mass is 233 g/mol. The van der Waals surface area contributed by atoms with E-state index in [9.17, 15) is 17.6 Å². The minimum atomic E-state index is -4.68. The van der Waals surface area contributed by atoms with Crippen LogP contribution in [0.3, 0.4) is 0 Å². The molecule has 0 spiro atoms. The van der Waals surface area contributed by atoms with Crippen molar-refractivity contribution in [2.45, 2.75) is 19.1 Å². The van der Waals surface area contributed by atoms with Gasteiger partial charge in [0.15, 0.2) is 0 Å². The van der Waals surface area contributed by atoms with Crippen LogP contribution >= 0.6 is 0 Å². The van der Waals surface area contributed by atoms with E-state index in [1.807, 2.05) is 0 Å². The molecule has 88 valence electrons. The Bertz CT molecular complexity index is 384. The van der Waals surface area contributed by atoms with Crippen molar-refractivity contribution in [3.8, 4) is 0 Å². The van der Waals surface area contributed by atoms with E-state index in [2.05, 4.69) is 11.9 Å². The highest BCUT2D eigenvalue weighted by Crippen LogP contribution is 2.33. The van der Waals surface area contributed by atoms with Crippen LogP contribution in [0.25, 0.3) is 0 Å². The summed E-state index contributed by atoms with van der Waals surface area (Å²) in [6.45, 7) is 5.21. The molecule has 1 nitrogen and oxygen atoms in total. The third-order valence-corrected chi connectivity index (χ3v) is 2.02. The lowest BCUT2D eigenvalue weighted by molar-refractivity contribution is -0.139. The first-order chi connectivity index (χ1) is 7.34. The molecule has 1 unspecified atom stereocenters. The Labute approximate surface area is 90.8 Å².